The molecule has 2 N–H and O–H groups in total. The molecule has 0 amide bonds. The van der Waals surface area contributed by atoms with E-state index >= 15 is 0 Å². The molecule has 0 aliphatic carbocycles. The fraction of sp³-hybridized carbons (Fsp3) is 0.235. The van der Waals surface area contributed by atoms with E-state index in [0.717, 1.165) is 34.0 Å². The molecule has 3 aromatic rings. The molecule has 0 bridgehead atoms. The Morgan fingerprint density at radius 1 is 1.19 bits per heavy atom. The van der Waals surface area contributed by atoms with Gasteiger partial charge in [0.15, 0.2) is 0 Å². The first-order valence-corrected chi connectivity index (χ1v) is 7.49. The summed E-state index contributed by atoms with van der Waals surface area (Å²) < 4.78 is 2.28. The first-order chi connectivity index (χ1) is 10.1. The van der Waals surface area contributed by atoms with Crippen LogP contribution in [-0.2, 0) is 6.42 Å². The van der Waals surface area contributed by atoms with Crippen molar-refractivity contribution >= 4 is 28.3 Å². The Balaban J connectivity index is 2.16. The molecule has 1 atom stereocenters. The van der Waals surface area contributed by atoms with Gasteiger partial charge < -0.3 is 10.3 Å². The number of hydrogen-bond donors (Lipinski definition) is 1. The third-order valence-corrected chi connectivity index (χ3v) is 4.09. The Morgan fingerprint density at radius 3 is 2.57 bits per heavy atom. The van der Waals surface area contributed by atoms with Gasteiger partial charge in [-0.2, -0.15) is 0 Å². The van der Waals surface area contributed by atoms with Crippen LogP contribution in [0.15, 0.2) is 42.5 Å². The van der Waals surface area contributed by atoms with Crippen LogP contribution < -0.4 is 5.73 Å². The van der Waals surface area contributed by atoms with E-state index in [0.29, 0.717) is 0 Å². The summed E-state index contributed by atoms with van der Waals surface area (Å²) in [4.78, 5) is 4.71. The molecule has 0 aliphatic rings. The minimum Gasteiger partial charge on any atom is -0.399 e. The van der Waals surface area contributed by atoms with Gasteiger partial charge in [-0.25, -0.2) is 4.98 Å². The summed E-state index contributed by atoms with van der Waals surface area (Å²) in [7, 11) is 0. The lowest BCUT2D eigenvalue weighted by Gasteiger charge is -2.18. The molecule has 21 heavy (non-hydrogen) atoms. The average Bonchev–Trinajstić information content (AvgIpc) is 2.84. The molecule has 2 aromatic carbocycles. The zero-order chi connectivity index (χ0) is 15.0. The fourth-order valence-corrected chi connectivity index (χ4v) is 2.86. The van der Waals surface area contributed by atoms with E-state index in [-0.39, 0.29) is 6.04 Å². The lowest BCUT2D eigenvalue weighted by molar-refractivity contribution is 0.623. The van der Waals surface area contributed by atoms with Crippen LogP contribution in [0.1, 0.15) is 31.3 Å². The van der Waals surface area contributed by atoms with Gasteiger partial charge in [-0.3, -0.25) is 0 Å². The monoisotopic (exact) mass is 299 g/mol. The number of fused-ring (bicyclic) bond motifs is 1. The van der Waals surface area contributed by atoms with Gasteiger partial charge in [-0.15, -0.1) is 0 Å². The normalized spacial score (nSPS) is 12.7. The van der Waals surface area contributed by atoms with Gasteiger partial charge in [0, 0.05) is 17.1 Å². The van der Waals surface area contributed by atoms with E-state index in [9.17, 15) is 0 Å². The van der Waals surface area contributed by atoms with E-state index in [1.54, 1.807) is 0 Å². The molecule has 0 saturated carbocycles. The molecule has 1 aromatic heterocycles. The number of imidazole rings is 1. The van der Waals surface area contributed by atoms with Gasteiger partial charge >= 0.3 is 0 Å². The van der Waals surface area contributed by atoms with Gasteiger partial charge in [0.05, 0.1) is 17.1 Å². The molecule has 0 saturated heterocycles. The van der Waals surface area contributed by atoms with E-state index < -0.39 is 0 Å². The van der Waals surface area contributed by atoms with E-state index in [1.165, 1.54) is 5.56 Å². The van der Waals surface area contributed by atoms with Crippen molar-refractivity contribution in [3.8, 4) is 0 Å². The summed E-state index contributed by atoms with van der Waals surface area (Å²) in [5.41, 5.74) is 9.89. The van der Waals surface area contributed by atoms with Crippen molar-refractivity contribution < 1.29 is 0 Å². The first kappa shape index (κ1) is 14.0. The Morgan fingerprint density at radius 2 is 1.90 bits per heavy atom. The highest BCUT2D eigenvalue weighted by Gasteiger charge is 2.16. The highest BCUT2D eigenvalue weighted by atomic mass is 35.5. The smallest absolute Gasteiger partial charge is 0.110 e. The van der Waals surface area contributed by atoms with Crippen molar-refractivity contribution in [3.63, 3.8) is 0 Å². The van der Waals surface area contributed by atoms with Crippen LogP contribution in [0.3, 0.4) is 0 Å². The molecule has 3 rings (SSSR count). The summed E-state index contributed by atoms with van der Waals surface area (Å²) >= 11 is 5.98. The van der Waals surface area contributed by atoms with Crippen molar-refractivity contribution in [1.29, 1.82) is 0 Å². The maximum atomic E-state index is 5.98. The molecule has 0 aliphatic heterocycles. The molecule has 0 fully saturated rings. The van der Waals surface area contributed by atoms with Gasteiger partial charge in [0.2, 0.25) is 0 Å². The third-order valence-electron chi connectivity index (χ3n) is 3.84. The topological polar surface area (TPSA) is 43.8 Å². The molecule has 0 spiro atoms. The summed E-state index contributed by atoms with van der Waals surface area (Å²) in [6, 6.07) is 14.1. The lowest BCUT2D eigenvalue weighted by atomic mass is 10.1. The second kappa shape index (κ2) is 5.41. The molecule has 3 nitrogen and oxygen atoms in total. The summed E-state index contributed by atoms with van der Waals surface area (Å²) in [5, 5.41) is 0.755. The highest BCUT2D eigenvalue weighted by Crippen LogP contribution is 2.28. The summed E-state index contributed by atoms with van der Waals surface area (Å²) in [5.74, 6) is 1.07. The van der Waals surface area contributed by atoms with Crippen molar-refractivity contribution in [1.82, 2.24) is 9.55 Å². The van der Waals surface area contributed by atoms with E-state index in [1.807, 2.05) is 30.3 Å². The van der Waals surface area contributed by atoms with Crippen LogP contribution in [0.4, 0.5) is 5.69 Å². The number of anilines is 1. The quantitative estimate of drug-likeness (QED) is 0.726. The molecular weight excluding hydrogens is 282 g/mol. The Kier molecular flexibility index (Phi) is 3.60. The average molecular weight is 300 g/mol. The van der Waals surface area contributed by atoms with Crippen molar-refractivity contribution in [3.05, 3.63) is 58.9 Å². The number of hydrogen-bond acceptors (Lipinski definition) is 2. The van der Waals surface area contributed by atoms with E-state index in [2.05, 4.69) is 30.5 Å². The Bertz CT molecular complexity index is 775. The van der Waals surface area contributed by atoms with Crippen LogP contribution in [-0.4, -0.2) is 9.55 Å². The van der Waals surface area contributed by atoms with Crippen LogP contribution in [0.5, 0.6) is 0 Å². The molecule has 1 heterocycles. The SMILES string of the molecule is CCc1nc2cc(N)ccc2n1C(C)c1ccc(Cl)cc1. The number of aryl methyl sites for hydroxylation is 1. The van der Waals surface area contributed by atoms with Gasteiger partial charge in [0.1, 0.15) is 5.82 Å². The van der Waals surface area contributed by atoms with Gasteiger partial charge in [0.25, 0.3) is 0 Å². The number of nitrogens with two attached hydrogens (primary N) is 1. The Labute approximate surface area is 129 Å². The number of halogens is 1. The zero-order valence-corrected chi connectivity index (χ0v) is 12.9. The first-order valence-electron chi connectivity index (χ1n) is 7.12. The van der Waals surface area contributed by atoms with Crippen LogP contribution >= 0.6 is 11.6 Å². The van der Waals surface area contributed by atoms with Crippen LogP contribution in [0, 0.1) is 0 Å². The van der Waals surface area contributed by atoms with Crippen molar-refractivity contribution in [2.24, 2.45) is 0 Å². The maximum absolute atomic E-state index is 5.98. The predicted octanol–water partition coefficient (Wildman–Crippen LogP) is 4.44. The zero-order valence-electron chi connectivity index (χ0n) is 12.2. The number of benzene rings is 2. The molecular formula is C17H18ClN3. The molecule has 0 radical (unpaired) electrons. The second-order valence-corrected chi connectivity index (χ2v) is 5.66. The standard InChI is InChI=1S/C17H18ClN3/c1-3-17-20-15-10-14(19)8-9-16(15)21(17)11(2)12-4-6-13(18)7-5-12/h4-11H,3,19H2,1-2H3. The fourth-order valence-electron chi connectivity index (χ4n) is 2.74. The van der Waals surface area contributed by atoms with Crippen LogP contribution in [0.25, 0.3) is 11.0 Å². The van der Waals surface area contributed by atoms with Crippen LogP contribution in [0.2, 0.25) is 5.02 Å². The van der Waals surface area contributed by atoms with Gasteiger partial charge in [-0.05, 0) is 42.8 Å². The van der Waals surface area contributed by atoms with Crippen molar-refractivity contribution in [2.75, 3.05) is 5.73 Å². The number of aromatic nitrogens is 2. The third kappa shape index (κ3) is 2.49. The minimum absolute atomic E-state index is 0.200. The number of rotatable bonds is 3. The molecule has 1 unspecified atom stereocenters. The Hall–Kier alpha value is -2.00. The van der Waals surface area contributed by atoms with Gasteiger partial charge in [-0.1, -0.05) is 30.7 Å². The number of nitrogen functional groups attached to an aromatic ring is 1. The maximum Gasteiger partial charge on any atom is 0.110 e. The van der Waals surface area contributed by atoms with Crippen molar-refractivity contribution in [2.45, 2.75) is 26.3 Å². The summed E-state index contributed by atoms with van der Waals surface area (Å²) in [6.07, 6.45) is 0.881. The minimum atomic E-state index is 0.200. The number of nitrogens with zero attached hydrogens (tertiary/aromatic N) is 2. The van der Waals surface area contributed by atoms with E-state index in [4.69, 9.17) is 22.3 Å². The summed E-state index contributed by atoms with van der Waals surface area (Å²) in [6.45, 7) is 4.30. The predicted molar refractivity (Wildman–Crippen MR) is 88.8 cm³/mol. The lowest BCUT2D eigenvalue weighted by Crippen LogP contribution is -2.10. The second-order valence-electron chi connectivity index (χ2n) is 5.23. The highest BCUT2D eigenvalue weighted by molar-refractivity contribution is 6.30. The largest absolute Gasteiger partial charge is 0.399 e. The molecule has 4 heteroatoms. The molecule has 108 valence electrons.